The first-order valence-corrected chi connectivity index (χ1v) is 9.93. The van der Waals surface area contributed by atoms with E-state index >= 15 is 0 Å². The summed E-state index contributed by atoms with van der Waals surface area (Å²) in [5.74, 6) is -0.259. The van der Waals surface area contributed by atoms with Gasteiger partial charge in [-0.25, -0.2) is 13.2 Å². The SMILES string of the molecule is CC(C)(CCCn1ccc(=O)[nH]c1=O)CS(=O)(=O)c1ccccc1[N+](=O)[O-]. The van der Waals surface area contributed by atoms with Crippen molar-refractivity contribution in [3.8, 4) is 0 Å². The zero-order chi connectivity index (χ0) is 20.2. The van der Waals surface area contributed by atoms with Crippen molar-refractivity contribution in [1.29, 1.82) is 0 Å². The van der Waals surface area contributed by atoms with Crippen molar-refractivity contribution >= 4 is 15.5 Å². The maximum atomic E-state index is 12.7. The number of hydrogen-bond acceptors (Lipinski definition) is 6. The largest absolute Gasteiger partial charge is 0.328 e. The minimum atomic E-state index is -3.86. The molecule has 0 spiro atoms. The fraction of sp³-hybridized carbons (Fsp3) is 0.412. The zero-order valence-electron chi connectivity index (χ0n) is 15.0. The van der Waals surface area contributed by atoms with E-state index in [1.165, 1.54) is 41.1 Å². The van der Waals surface area contributed by atoms with Crippen molar-refractivity contribution in [2.24, 2.45) is 5.41 Å². The van der Waals surface area contributed by atoms with Gasteiger partial charge in [-0.2, -0.15) is 0 Å². The summed E-state index contributed by atoms with van der Waals surface area (Å²) in [6.07, 6.45) is 2.36. The van der Waals surface area contributed by atoms with Crippen molar-refractivity contribution < 1.29 is 13.3 Å². The summed E-state index contributed by atoms with van der Waals surface area (Å²) in [5.41, 5.74) is -2.10. The van der Waals surface area contributed by atoms with Gasteiger partial charge in [0.25, 0.3) is 11.2 Å². The van der Waals surface area contributed by atoms with Crippen LogP contribution in [0.3, 0.4) is 0 Å². The molecule has 1 N–H and O–H groups in total. The van der Waals surface area contributed by atoms with E-state index < -0.39 is 37.1 Å². The highest BCUT2D eigenvalue weighted by atomic mass is 32.2. The Hall–Kier alpha value is -2.75. The van der Waals surface area contributed by atoms with Crippen molar-refractivity contribution in [2.45, 2.75) is 38.1 Å². The number of benzene rings is 1. The summed E-state index contributed by atoms with van der Waals surface area (Å²) in [5, 5.41) is 11.1. The van der Waals surface area contributed by atoms with Crippen LogP contribution in [0.4, 0.5) is 5.69 Å². The fourth-order valence-corrected chi connectivity index (χ4v) is 4.96. The molecule has 10 heteroatoms. The van der Waals surface area contributed by atoms with E-state index in [9.17, 15) is 28.1 Å². The van der Waals surface area contributed by atoms with Crippen LogP contribution in [-0.2, 0) is 16.4 Å². The van der Waals surface area contributed by atoms with Gasteiger partial charge in [0.2, 0.25) is 0 Å². The fourth-order valence-electron chi connectivity index (χ4n) is 2.88. The number of H-pyrrole nitrogens is 1. The molecule has 1 heterocycles. The number of aromatic amines is 1. The third-order valence-electron chi connectivity index (χ3n) is 4.13. The molecule has 0 bridgehead atoms. The Morgan fingerprint density at radius 1 is 1.19 bits per heavy atom. The predicted octanol–water partition coefficient (Wildman–Crippen LogP) is 1.73. The second kappa shape index (κ2) is 7.87. The highest BCUT2D eigenvalue weighted by molar-refractivity contribution is 7.91. The lowest BCUT2D eigenvalue weighted by atomic mass is 9.90. The Kier molecular flexibility index (Phi) is 5.99. The van der Waals surface area contributed by atoms with Gasteiger partial charge in [-0.1, -0.05) is 26.0 Å². The Bertz CT molecular complexity index is 1050. The Labute approximate surface area is 155 Å². The lowest BCUT2D eigenvalue weighted by Crippen LogP contribution is -2.29. The van der Waals surface area contributed by atoms with E-state index in [-0.39, 0.29) is 10.6 Å². The zero-order valence-corrected chi connectivity index (χ0v) is 15.9. The first-order valence-electron chi connectivity index (χ1n) is 8.28. The number of hydrogen-bond donors (Lipinski definition) is 1. The molecule has 1 aromatic carbocycles. The maximum absolute atomic E-state index is 12.7. The van der Waals surface area contributed by atoms with Crippen LogP contribution in [0.15, 0.2) is 51.0 Å². The van der Waals surface area contributed by atoms with Gasteiger partial charge in [-0.05, 0) is 24.3 Å². The van der Waals surface area contributed by atoms with Crippen LogP contribution < -0.4 is 11.2 Å². The van der Waals surface area contributed by atoms with Gasteiger partial charge in [0, 0.05) is 24.9 Å². The summed E-state index contributed by atoms with van der Waals surface area (Å²) < 4.78 is 26.7. The Morgan fingerprint density at radius 2 is 1.85 bits per heavy atom. The average Bonchev–Trinajstić information content (AvgIpc) is 2.56. The van der Waals surface area contributed by atoms with E-state index in [2.05, 4.69) is 4.98 Å². The van der Waals surface area contributed by atoms with Gasteiger partial charge in [0.15, 0.2) is 9.84 Å². The molecule has 0 atom stereocenters. The minimum Gasteiger partial charge on any atom is -0.301 e. The number of aryl methyl sites for hydroxylation is 1. The van der Waals surface area contributed by atoms with Crippen LogP contribution in [0.25, 0.3) is 0 Å². The van der Waals surface area contributed by atoms with Crippen LogP contribution in [0.5, 0.6) is 0 Å². The molecule has 2 aromatic rings. The molecule has 0 radical (unpaired) electrons. The third-order valence-corrected chi connectivity index (χ3v) is 6.30. The number of rotatable bonds is 8. The van der Waals surface area contributed by atoms with Crippen LogP contribution >= 0.6 is 0 Å². The second-order valence-corrected chi connectivity index (χ2v) is 9.01. The molecule has 0 aliphatic heterocycles. The molecule has 0 fully saturated rings. The smallest absolute Gasteiger partial charge is 0.301 e. The highest BCUT2D eigenvalue weighted by Crippen LogP contribution is 2.31. The molecule has 0 saturated heterocycles. The Balaban J connectivity index is 2.10. The average molecular weight is 395 g/mol. The maximum Gasteiger partial charge on any atom is 0.328 e. The number of sulfone groups is 1. The van der Waals surface area contributed by atoms with Crippen LogP contribution in [0, 0.1) is 15.5 Å². The van der Waals surface area contributed by atoms with E-state index in [0.717, 1.165) is 0 Å². The Morgan fingerprint density at radius 3 is 2.48 bits per heavy atom. The molecule has 0 aliphatic carbocycles. The molecule has 0 amide bonds. The van der Waals surface area contributed by atoms with E-state index in [0.29, 0.717) is 19.4 Å². The summed E-state index contributed by atoms with van der Waals surface area (Å²) in [6, 6.07) is 6.52. The monoisotopic (exact) mass is 395 g/mol. The normalized spacial score (nSPS) is 12.1. The number of nitro benzene ring substituents is 1. The topological polar surface area (TPSA) is 132 Å². The highest BCUT2D eigenvalue weighted by Gasteiger charge is 2.31. The molecular formula is C17H21N3O6S. The molecular weight excluding hydrogens is 374 g/mol. The number of nitrogens with one attached hydrogen (secondary N) is 1. The molecule has 0 unspecified atom stereocenters. The minimum absolute atomic E-state index is 0.259. The summed E-state index contributed by atoms with van der Waals surface area (Å²) in [7, 11) is -3.86. The molecule has 1 aromatic heterocycles. The van der Waals surface area contributed by atoms with Gasteiger partial charge in [0.1, 0.15) is 4.90 Å². The lowest BCUT2D eigenvalue weighted by Gasteiger charge is -2.24. The predicted molar refractivity (Wildman–Crippen MR) is 99.5 cm³/mol. The van der Waals surface area contributed by atoms with Gasteiger partial charge in [-0.3, -0.25) is 19.9 Å². The third kappa shape index (κ3) is 5.36. The molecule has 0 saturated carbocycles. The lowest BCUT2D eigenvalue weighted by molar-refractivity contribution is -0.387. The van der Waals surface area contributed by atoms with Crippen LogP contribution in [0.2, 0.25) is 0 Å². The van der Waals surface area contributed by atoms with Gasteiger partial charge in [0.05, 0.1) is 10.7 Å². The van der Waals surface area contributed by atoms with Gasteiger partial charge in [-0.15, -0.1) is 0 Å². The summed E-state index contributed by atoms with van der Waals surface area (Å²) >= 11 is 0. The van der Waals surface area contributed by atoms with E-state index in [1.54, 1.807) is 13.8 Å². The van der Waals surface area contributed by atoms with Gasteiger partial charge >= 0.3 is 5.69 Å². The quantitative estimate of drug-likeness (QED) is 0.535. The number of para-hydroxylation sites is 1. The molecule has 9 nitrogen and oxygen atoms in total. The first-order chi connectivity index (χ1) is 12.5. The number of aromatic nitrogens is 2. The van der Waals surface area contributed by atoms with E-state index in [1.807, 2.05) is 0 Å². The van der Waals surface area contributed by atoms with Crippen molar-refractivity contribution in [3.05, 3.63) is 67.5 Å². The number of nitro groups is 1. The standard InChI is InChI=1S/C17H21N3O6S/c1-17(2,9-5-10-19-11-8-15(21)18-16(19)22)12-27(25,26)14-7-4-3-6-13(14)20(23)24/h3-4,6-8,11H,5,9-10,12H2,1-2H3,(H,18,21,22). The molecule has 0 aliphatic rings. The van der Waals surface area contributed by atoms with Crippen molar-refractivity contribution in [1.82, 2.24) is 9.55 Å². The summed E-state index contributed by atoms with van der Waals surface area (Å²) in [4.78, 5) is 35.0. The van der Waals surface area contributed by atoms with Crippen LogP contribution in [0.1, 0.15) is 26.7 Å². The molecule has 146 valence electrons. The van der Waals surface area contributed by atoms with E-state index in [4.69, 9.17) is 0 Å². The van der Waals surface area contributed by atoms with Gasteiger partial charge < -0.3 is 4.57 Å². The second-order valence-electron chi connectivity index (χ2n) is 7.06. The van der Waals surface area contributed by atoms with Crippen molar-refractivity contribution in [2.75, 3.05) is 5.75 Å². The van der Waals surface area contributed by atoms with Crippen LogP contribution in [-0.4, -0.2) is 28.6 Å². The van der Waals surface area contributed by atoms with Crippen molar-refractivity contribution in [3.63, 3.8) is 0 Å². The summed E-state index contributed by atoms with van der Waals surface area (Å²) in [6.45, 7) is 3.84. The first kappa shape index (κ1) is 20.6. The molecule has 27 heavy (non-hydrogen) atoms. The molecule has 2 rings (SSSR count). The number of nitrogens with zero attached hydrogens (tertiary/aromatic N) is 2.